The summed E-state index contributed by atoms with van der Waals surface area (Å²) in [5.41, 5.74) is 7.23. The molecule has 0 saturated heterocycles. The molecule has 0 fully saturated rings. The Balaban J connectivity index is 1.71. The van der Waals surface area contributed by atoms with Crippen molar-refractivity contribution < 1.29 is 4.79 Å². The van der Waals surface area contributed by atoms with E-state index in [0.717, 1.165) is 17.2 Å². The fourth-order valence-corrected chi connectivity index (χ4v) is 3.21. The van der Waals surface area contributed by atoms with E-state index in [4.69, 9.17) is 5.73 Å². The first-order chi connectivity index (χ1) is 11.9. The Labute approximate surface area is 152 Å². The van der Waals surface area contributed by atoms with Crippen LogP contribution in [0.5, 0.6) is 0 Å². The van der Waals surface area contributed by atoms with Gasteiger partial charge in [-0.3, -0.25) is 4.79 Å². The topological polar surface area (TPSA) is 77.0 Å². The molecule has 1 aromatic carbocycles. The molecule has 1 aliphatic rings. The maximum Gasteiger partial charge on any atom is 0.240 e. The van der Waals surface area contributed by atoms with Crippen LogP contribution in [0.1, 0.15) is 19.7 Å². The molecular weight excluding hydrogens is 334 g/mol. The van der Waals surface area contributed by atoms with Crippen molar-refractivity contribution in [1.82, 2.24) is 19.7 Å². The fourth-order valence-electron chi connectivity index (χ4n) is 2.85. The third-order valence-corrected chi connectivity index (χ3v) is 6.13. The maximum absolute atomic E-state index is 12.8. The number of hydrogen-bond acceptors (Lipinski definition) is 5. The van der Waals surface area contributed by atoms with Crippen molar-refractivity contribution in [3.05, 3.63) is 36.2 Å². The van der Waals surface area contributed by atoms with Crippen LogP contribution in [0.3, 0.4) is 0 Å². The van der Waals surface area contributed by atoms with Gasteiger partial charge in [-0.05, 0) is 20.1 Å². The molecule has 0 spiro atoms. The Morgan fingerprint density at radius 1 is 1.24 bits per heavy atom. The highest BCUT2D eigenvalue weighted by atomic mass is 32.2. The van der Waals surface area contributed by atoms with Crippen molar-refractivity contribution in [2.45, 2.75) is 37.6 Å². The van der Waals surface area contributed by atoms with Gasteiger partial charge in [0.2, 0.25) is 5.91 Å². The molecule has 2 N–H and O–H groups in total. The minimum absolute atomic E-state index is 0.00776. The molecule has 0 bridgehead atoms. The quantitative estimate of drug-likeness (QED) is 0.901. The summed E-state index contributed by atoms with van der Waals surface area (Å²) in [5, 5.41) is 4.62. The van der Waals surface area contributed by atoms with Gasteiger partial charge in [-0.25, -0.2) is 9.67 Å². The predicted molar refractivity (Wildman–Crippen MR) is 101 cm³/mol. The predicted octanol–water partition coefficient (Wildman–Crippen LogP) is 1.80. The highest BCUT2D eigenvalue weighted by molar-refractivity contribution is 8.00. The molecule has 0 aliphatic carbocycles. The Bertz CT molecular complexity index is 718. The zero-order chi connectivity index (χ0) is 18.0. The number of hydrogen-bond donors (Lipinski definition) is 1. The molecule has 0 saturated carbocycles. The Morgan fingerprint density at radius 3 is 2.64 bits per heavy atom. The summed E-state index contributed by atoms with van der Waals surface area (Å²) in [6.45, 7) is 5.91. The largest absolute Gasteiger partial charge is 0.339 e. The highest BCUT2D eigenvalue weighted by Gasteiger charge is 2.34. The molecule has 7 heteroatoms. The van der Waals surface area contributed by atoms with Crippen LogP contribution in [0.25, 0.3) is 11.4 Å². The van der Waals surface area contributed by atoms with E-state index in [0.29, 0.717) is 26.1 Å². The number of aromatic nitrogens is 3. The zero-order valence-electron chi connectivity index (χ0n) is 15.0. The lowest BCUT2D eigenvalue weighted by Crippen LogP contribution is -2.53. The van der Waals surface area contributed by atoms with Crippen molar-refractivity contribution >= 4 is 17.7 Å². The molecule has 1 aromatic heterocycles. The fraction of sp³-hybridized carbons (Fsp3) is 0.500. The highest BCUT2D eigenvalue weighted by Crippen LogP contribution is 2.26. The molecule has 6 nitrogen and oxygen atoms in total. The van der Waals surface area contributed by atoms with Crippen LogP contribution < -0.4 is 5.73 Å². The third kappa shape index (κ3) is 3.72. The van der Waals surface area contributed by atoms with Gasteiger partial charge < -0.3 is 10.6 Å². The normalized spacial score (nSPS) is 16.2. The molecule has 1 atom stereocenters. The Morgan fingerprint density at radius 2 is 1.96 bits per heavy atom. The molecule has 2 aromatic rings. The first kappa shape index (κ1) is 17.9. The number of nitrogens with two attached hydrogens (primary N) is 1. The minimum atomic E-state index is -0.513. The van der Waals surface area contributed by atoms with Crippen LogP contribution in [0.2, 0.25) is 0 Å². The zero-order valence-corrected chi connectivity index (χ0v) is 15.8. The molecule has 2 heterocycles. The average molecular weight is 359 g/mol. The van der Waals surface area contributed by atoms with E-state index in [1.807, 2.05) is 60.0 Å². The lowest BCUT2D eigenvalue weighted by atomic mass is 10.0. The SMILES string of the molecule is CSC(C)(C)[C@H](N)C(=O)N1CCc2nc(-c3ccccc3)nn2CC1. The number of rotatable bonds is 4. The number of thioether (sulfide) groups is 1. The van der Waals surface area contributed by atoms with E-state index >= 15 is 0 Å². The third-order valence-electron chi connectivity index (χ3n) is 4.82. The van der Waals surface area contributed by atoms with Gasteiger partial charge in [0.1, 0.15) is 5.82 Å². The first-order valence-corrected chi connectivity index (χ1v) is 9.73. The second-order valence-electron chi connectivity index (χ2n) is 6.80. The van der Waals surface area contributed by atoms with Gasteiger partial charge in [-0.1, -0.05) is 30.3 Å². The van der Waals surface area contributed by atoms with Crippen LogP contribution in [0.15, 0.2) is 30.3 Å². The molecule has 0 radical (unpaired) electrons. The lowest BCUT2D eigenvalue weighted by molar-refractivity contribution is -0.133. The summed E-state index contributed by atoms with van der Waals surface area (Å²) >= 11 is 1.62. The number of benzene rings is 1. The molecule has 134 valence electrons. The van der Waals surface area contributed by atoms with Crippen molar-refractivity contribution in [3.63, 3.8) is 0 Å². The van der Waals surface area contributed by atoms with Gasteiger partial charge >= 0.3 is 0 Å². The molecule has 25 heavy (non-hydrogen) atoms. The summed E-state index contributed by atoms with van der Waals surface area (Å²) in [6.07, 6.45) is 2.68. The molecule has 1 amide bonds. The smallest absolute Gasteiger partial charge is 0.240 e. The minimum Gasteiger partial charge on any atom is -0.339 e. The molecule has 0 unspecified atom stereocenters. The number of amides is 1. The summed E-state index contributed by atoms with van der Waals surface area (Å²) in [4.78, 5) is 19.3. The van der Waals surface area contributed by atoms with Crippen LogP contribution in [0, 0.1) is 0 Å². The summed E-state index contributed by atoms with van der Waals surface area (Å²) in [7, 11) is 0. The lowest BCUT2D eigenvalue weighted by Gasteiger charge is -2.32. The summed E-state index contributed by atoms with van der Waals surface area (Å²) in [6, 6.07) is 9.45. The monoisotopic (exact) mass is 359 g/mol. The van der Waals surface area contributed by atoms with Gasteiger partial charge in [-0.15, -0.1) is 0 Å². The van der Waals surface area contributed by atoms with E-state index < -0.39 is 6.04 Å². The van der Waals surface area contributed by atoms with Gasteiger partial charge in [0.05, 0.1) is 12.6 Å². The Hall–Kier alpha value is -1.86. The van der Waals surface area contributed by atoms with Crippen molar-refractivity contribution in [2.24, 2.45) is 5.73 Å². The van der Waals surface area contributed by atoms with Gasteiger partial charge in [0, 0.05) is 29.8 Å². The number of carbonyl (C=O) groups excluding carboxylic acids is 1. The average Bonchev–Trinajstić information content (AvgIpc) is 2.94. The molecule has 3 rings (SSSR count). The second-order valence-corrected chi connectivity index (χ2v) is 8.26. The van der Waals surface area contributed by atoms with Gasteiger partial charge in [0.25, 0.3) is 0 Å². The number of nitrogens with zero attached hydrogens (tertiary/aromatic N) is 4. The van der Waals surface area contributed by atoms with Crippen LogP contribution in [0.4, 0.5) is 0 Å². The van der Waals surface area contributed by atoms with E-state index in [-0.39, 0.29) is 10.7 Å². The van der Waals surface area contributed by atoms with Crippen LogP contribution >= 0.6 is 11.8 Å². The van der Waals surface area contributed by atoms with E-state index in [1.165, 1.54) is 0 Å². The van der Waals surface area contributed by atoms with Crippen LogP contribution in [-0.2, 0) is 17.8 Å². The van der Waals surface area contributed by atoms with E-state index in [9.17, 15) is 4.79 Å². The van der Waals surface area contributed by atoms with Crippen LogP contribution in [-0.4, -0.2) is 55.7 Å². The van der Waals surface area contributed by atoms with Crippen molar-refractivity contribution in [2.75, 3.05) is 19.3 Å². The molecule has 1 aliphatic heterocycles. The van der Waals surface area contributed by atoms with Gasteiger partial charge in [-0.2, -0.15) is 16.9 Å². The van der Waals surface area contributed by atoms with E-state index in [2.05, 4.69) is 10.1 Å². The Kier molecular flexibility index (Phi) is 5.15. The summed E-state index contributed by atoms with van der Waals surface area (Å²) in [5.74, 6) is 1.68. The summed E-state index contributed by atoms with van der Waals surface area (Å²) < 4.78 is 1.64. The second kappa shape index (κ2) is 7.17. The first-order valence-electron chi connectivity index (χ1n) is 8.51. The van der Waals surface area contributed by atoms with Gasteiger partial charge in [0.15, 0.2) is 5.82 Å². The van der Waals surface area contributed by atoms with Crippen molar-refractivity contribution in [1.29, 1.82) is 0 Å². The maximum atomic E-state index is 12.8. The standard InChI is InChI=1S/C18H25N5OS/c1-18(2,25-3)15(19)17(24)22-10-9-14-20-16(21-23(14)12-11-22)13-7-5-4-6-8-13/h4-8,15H,9-12,19H2,1-3H3/t15-/m1/s1. The number of fused-ring (bicyclic) bond motifs is 1. The molecular formula is C18H25N5OS. The number of carbonyl (C=O) groups is 1. The van der Waals surface area contributed by atoms with E-state index in [1.54, 1.807) is 11.8 Å². The van der Waals surface area contributed by atoms with Crippen molar-refractivity contribution in [3.8, 4) is 11.4 Å².